The average molecular weight is 304 g/mol. The lowest BCUT2D eigenvalue weighted by Gasteiger charge is -2.04. The van der Waals surface area contributed by atoms with Crippen molar-refractivity contribution < 1.29 is 9.90 Å². The maximum Gasteiger partial charge on any atom is 0.255 e. The van der Waals surface area contributed by atoms with Crippen molar-refractivity contribution in [1.82, 2.24) is 9.78 Å². The number of amides is 1. The van der Waals surface area contributed by atoms with Gasteiger partial charge in [0.15, 0.2) is 0 Å². The fourth-order valence-corrected chi connectivity index (χ4v) is 1.89. The Balaban J connectivity index is 2.12. The van der Waals surface area contributed by atoms with E-state index < -0.39 is 0 Å². The standard InChI is InChI=1S/C15H14ClN3O2/c1-19-10-13(9-17-19)18-15(21)12-6-5-11(14(16)8-12)4-2-3-7-20/h5-6,8-10,20H,3,7H2,1H3,(H,18,21). The Labute approximate surface area is 127 Å². The molecule has 0 atom stereocenters. The summed E-state index contributed by atoms with van der Waals surface area (Å²) in [5.74, 6) is 5.37. The molecule has 0 spiro atoms. The highest BCUT2D eigenvalue weighted by Gasteiger charge is 2.09. The molecule has 1 heterocycles. The van der Waals surface area contributed by atoms with Crippen molar-refractivity contribution in [2.75, 3.05) is 11.9 Å². The normalized spacial score (nSPS) is 9.86. The number of carbonyl (C=O) groups is 1. The van der Waals surface area contributed by atoms with Crippen LogP contribution in [0.15, 0.2) is 30.6 Å². The number of carbonyl (C=O) groups excluding carboxylic acids is 1. The van der Waals surface area contributed by atoms with Gasteiger partial charge in [0.1, 0.15) is 0 Å². The van der Waals surface area contributed by atoms with Crippen molar-refractivity contribution in [3.8, 4) is 11.8 Å². The SMILES string of the molecule is Cn1cc(NC(=O)c2ccc(C#CCCO)c(Cl)c2)cn1. The molecular weight excluding hydrogens is 290 g/mol. The Hall–Kier alpha value is -2.29. The summed E-state index contributed by atoms with van der Waals surface area (Å²) in [6.45, 7) is 0.0101. The fraction of sp³-hybridized carbons (Fsp3) is 0.200. The first-order chi connectivity index (χ1) is 10.1. The topological polar surface area (TPSA) is 67.2 Å². The van der Waals surface area contributed by atoms with Crippen LogP contribution in [-0.4, -0.2) is 27.4 Å². The smallest absolute Gasteiger partial charge is 0.255 e. The zero-order chi connectivity index (χ0) is 15.2. The number of rotatable bonds is 3. The third-order valence-corrected chi connectivity index (χ3v) is 2.97. The highest BCUT2D eigenvalue weighted by molar-refractivity contribution is 6.32. The van der Waals surface area contributed by atoms with Gasteiger partial charge in [-0.1, -0.05) is 23.4 Å². The fourth-order valence-electron chi connectivity index (χ4n) is 1.66. The van der Waals surface area contributed by atoms with Crippen LogP contribution in [0.1, 0.15) is 22.3 Å². The van der Waals surface area contributed by atoms with Crippen LogP contribution in [0.2, 0.25) is 5.02 Å². The van der Waals surface area contributed by atoms with Gasteiger partial charge in [0, 0.05) is 30.8 Å². The van der Waals surface area contributed by atoms with Gasteiger partial charge in [-0.2, -0.15) is 5.10 Å². The molecule has 108 valence electrons. The second-order valence-electron chi connectivity index (χ2n) is 4.33. The first kappa shape index (κ1) is 15.1. The molecule has 0 bridgehead atoms. The summed E-state index contributed by atoms with van der Waals surface area (Å²) < 4.78 is 1.60. The first-order valence-electron chi connectivity index (χ1n) is 6.29. The molecule has 0 fully saturated rings. The van der Waals surface area contributed by atoms with Gasteiger partial charge in [0.2, 0.25) is 0 Å². The van der Waals surface area contributed by atoms with Crippen LogP contribution in [0.4, 0.5) is 5.69 Å². The van der Waals surface area contributed by atoms with Crippen LogP contribution in [0, 0.1) is 11.8 Å². The molecule has 1 amide bonds. The largest absolute Gasteiger partial charge is 0.395 e. The molecule has 6 heteroatoms. The lowest BCUT2D eigenvalue weighted by molar-refractivity contribution is 0.102. The molecule has 0 radical (unpaired) electrons. The summed E-state index contributed by atoms with van der Waals surface area (Å²) in [5.41, 5.74) is 1.69. The van der Waals surface area contributed by atoms with Crippen molar-refractivity contribution >= 4 is 23.2 Å². The predicted octanol–water partition coefficient (Wildman–Crippen LogP) is 2.06. The second kappa shape index (κ2) is 6.93. The van der Waals surface area contributed by atoms with Gasteiger partial charge in [-0.3, -0.25) is 9.48 Å². The molecule has 2 N–H and O–H groups in total. The van der Waals surface area contributed by atoms with Gasteiger partial charge in [0.25, 0.3) is 5.91 Å². The van der Waals surface area contributed by atoms with Gasteiger partial charge in [-0.05, 0) is 18.2 Å². The van der Waals surface area contributed by atoms with E-state index in [0.29, 0.717) is 28.3 Å². The molecule has 5 nitrogen and oxygen atoms in total. The zero-order valence-corrected chi connectivity index (χ0v) is 12.2. The lowest BCUT2D eigenvalue weighted by atomic mass is 10.1. The molecule has 1 aromatic heterocycles. The van der Waals surface area contributed by atoms with Crippen molar-refractivity contribution in [2.45, 2.75) is 6.42 Å². The molecule has 0 aliphatic rings. The Bertz CT molecular complexity index is 713. The van der Waals surface area contributed by atoms with Crippen molar-refractivity contribution in [2.24, 2.45) is 7.05 Å². The van der Waals surface area contributed by atoms with E-state index in [1.807, 2.05) is 0 Å². The highest BCUT2D eigenvalue weighted by atomic mass is 35.5. The van der Waals surface area contributed by atoms with Gasteiger partial charge in [-0.25, -0.2) is 0 Å². The Morgan fingerprint density at radius 3 is 2.95 bits per heavy atom. The number of halogens is 1. The number of benzene rings is 1. The third-order valence-electron chi connectivity index (χ3n) is 2.65. The maximum atomic E-state index is 12.1. The molecule has 0 aliphatic carbocycles. The monoisotopic (exact) mass is 303 g/mol. The minimum Gasteiger partial charge on any atom is -0.395 e. The summed E-state index contributed by atoms with van der Waals surface area (Å²) in [4.78, 5) is 12.1. The average Bonchev–Trinajstić information content (AvgIpc) is 2.86. The maximum absolute atomic E-state index is 12.1. The Morgan fingerprint density at radius 2 is 2.33 bits per heavy atom. The Kier molecular flexibility index (Phi) is 4.99. The Morgan fingerprint density at radius 1 is 1.52 bits per heavy atom. The second-order valence-corrected chi connectivity index (χ2v) is 4.73. The van der Waals surface area contributed by atoms with E-state index in [4.69, 9.17) is 16.7 Å². The molecule has 1 aromatic carbocycles. The van der Waals surface area contributed by atoms with Crippen LogP contribution in [0.3, 0.4) is 0 Å². The minimum atomic E-state index is -0.264. The van der Waals surface area contributed by atoms with Crippen LogP contribution in [0.5, 0.6) is 0 Å². The number of aliphatic hydroxyl groups is 1. The minimum absolute atomic E-state index is 0.0101. The summed E-state index contributed by atoms with van der Waals surface area (Å²) in [5, 5.41) is 15.8. The zero-order valence-electron chi connectivity index (χ0n) is 11.4. The highest BCUT2D eigenvalue weighted by Crippen LogP contribution is 2.18. The molecule has 0 saturated heterocycles. The van der Waals surface area contributed by atoms with E-state index in [0.717, 1.165) is 0 Å². The summed E-state index contributed by atoms with van der Waals surface area (Å²) >= 11 is 6.10. The summed E-state index contributed by atoms with van der Waals surface area (Å²) in [6.07, 6.45) is 3.65. The van der Waals surface area contributed by atoms with Crippen LogP contribution < -0.4 is 5.32 Å². The quantitative estimate of drug-likeness (QED) is 0.853. The third kappa shape index (κ3) is 4.09. The van der Waals surface area contributed by atoms with E-state index >= 15 is 0 Å². The van der Waals surface area contributed by atoms with E-state index in [1.54, 1.807) is 42.3 Å². The first-order valence-corrected chi connectivity index (χ1v) is 6.67. The van der Waals surface area contributed by atoms with Gasteiger partial charge in [-0.15, -0.1) is 0 Å². The molecule has 21 heavy (non-hydrogen) atoms. The lowest BCUT2D eigenvalue weighted by Crippen LogP contribution is -2.11. The number of aliphatic hydroxyl groups excluding tert-OH is 1. The van der Waals surface area contributed by atoms with Crippen molar-refractivity contribution in [1.29, 1.82) is 0 Å². The number of anilines is 1. The molecule has 2 aromatic rings. The summed E-state index contributed by atoms with van der Waals surface area (Å²) in [6, 6.07) is 4.90. The van der Waals surface area contributed by atoms with Crippen LogP contribution in [0.25, 0.3) is 0 Å². The van der Waals surface area contributed by atoms with E-state index in [1.165, 1.54) is 0 Å². The van der Waals surface area contributed by atoms with E-state index in [2.05, 4.69) is 22.3 Å². The number of hydrogen-bond acceptors (Lipinski definition) is 3. The molecule has 2 rings (SSSR count). The number of nitrogens with zero attached hydrogens (tertiary/aromatic N) is 2. The molecule has 0 aliphatic heterocycles. The summed E-state index contributed by atoms with van der Waals surface area (Å²) in [7, 11) is 1.77. The number of aromatic nitrogens is 2. The van der Waals surface area contributed by atoms with E-state index in [9.17, 15) is 4.79 Å². The van der Waals surface area contributed by atoms with Crippen LogP contribution >= 0.6 is 11.6 Å². The molecular formula is C15H14ClN3O2. The predicted molar refractivity (Wildman–Crippen MR) is 81.2 cm³/mol. The van der Waals surface area contributed by atoms with Gasteiger partial charge in [0.05, 0.1) is 23.5 Å². The van der Waals surface area contributed by atoms with Gasteiger partial charge >= 0.3 is 0 Å². The molecule has 0 saturated carbocycles. The number of hydrogen-bond donors (Lipinski definition) is 2. The van der Waals surface area contributed by atoms with Gasteiger partial charge < -0.3 is 10.4 Å². The van der Waals surface area contributed by atoms with Crippen molar-refractivity contribution in [3.05, 3.63) is 46.7 Å². The number of nitrogens with one attached hydrogen (secondary N) is 1. The number of aryl methyl sites for hydroxylation is 1. The molecule has 0 unspecified atom stereocenters. The van der Waals surface area contributed by atoms with Crippen LogP contribution in [-0.2, 0) is 7.05 Å². The van der Waals surface area contributed by atoms with Crippen molar-refractivity contribution in [3.63, 3.8) is 0 Å². The van der Waals surface area contributed by atoms with E-state index in [-0.39, 0.29) is 12.5 Å².